The average molecular weight is 306 g/mol. The van der Waals surface area contributed by atoms with Gasteiger partial charge in [-0.05, 0) is 37.5 Å². The van der Waals surface area contributed by atoms with Crippen LogP contribution in [0.5, 0.6) is 0 Å². The molecule has 0 heterocycles. The van der Waals surface area contributed by atoms with Crippen LogP contribution in [0.15, 0.2) is 23.1 Å². The number of aryl methyl sites for hydroxylation is 1. The number of sulfonamides is 1. The van der Waals surface area contributed by atoms with E-state index >= 15 is 0 Å². The molecular formula is C13H20ClNO3S. The van der Waals surface area contributed by atoms with Gasteiger partial charge in [0.1, 0.15) is 4.90 Å². The van der Waals surface area contributed by atoms with Crippen LogP contribution in [0.2, 0.25) is 5.02 Å². The Morgan fingerprint density at radius 2 is 1.89 bits per heavy atom. The second kappa shape index (κ2) is 6.22. The molecule has 6 heteroatoms. The Balaban J connectivity index is 2.93. The summed E-state index contributed by atoms with van der Waals surface area (Å²) in [6.07, 6.45) is 0.960. The number of benzene rings is 1. The molecular weight excluding hydrogens is 286 g/mol. The van der Waals surface area contributed by atoms with E-state index < -0.39 is 15.6 Å². The summed E-state index contributed by atoms with van der Waals surface area (Å²) in [7, 11) is -3.70. The third-order valence-corrected chi connectivity index (χ3v) is 5.17. The van der Waals surface area contributed by atoms with Crippen molar-refractivity contribution in [1.82, 2.24) is 4.72 Å². The molecule has 0 bridgehead atoms. The lowest BCUT2D eigenvalue weighted by Gasteiger charge is -2.25. The van der Waals surface area contributed by atoms with Gasteiger partial charge < -0.3 is 5.11 Å². The van der Waals surface area contributed by atoms with Gasteiger partial charge in [0.2, 0.25) is 10.0 Å². The number of hydrogen-bond donors (Lipinski definition) is 2. The summed E-state index contributed by atoms with van der Waals surface area (Å²) in [6.45, 7) is 5.45. The quantitative estimate of drug-likeness (QED) is 0.848. The van der Waals surface area contributed by atoms with Crippen LogP contribution in [0.1, 0.15) is 32.3 Å². The first kappa shape index (κ1) is 16.4. The maximum atomic E-state index is 12.1. The zero-order chi connectivity index (χ0) is 14.7. The predicted molar refractivity (Wildman–Crippen MR) is 76.9 cm³/mol. The summed E-state index contributed by atoms with van der Waals surface area (Å²) in [4.78, 5) is 0.0364. The predicted octanol–water partition coefficient (Wildman–Crippen LogP) is 2.48. The van der Waals surface area contributed by atoms with E-state index in [4.69, 9.17) is 11.6 Å². The van der Waals surface area contributed by atoms with Crippen LogP contribution in [0.25, 0.3) is 0 Å². The Hall–Kier alpha value is -0.620. The summed E-state index contributed by atoms with van der Waals surface area (Å²) in [5.74, 6) is 0. The van der Waals surface area contributed by atoms with Gasteiger partial charge >= 0.3 is 0 Å². The Kier molecular flexibility index (Phi) is 5.38. The minimum Gasteiger partial charge on any atom is -0.389 e. The molecule has 0 fully saturated rings. The molecule has 0 spiro atoms. The summed E-state index contributed by atoms with van der Waals surface area (Å²) in [5, 5.41) is 10.3. The van der Waals surface area contributed by atoms with Gasteiger partial charge in [0.15, 0.2) is 0 Å². The molecule has 0 amide bonds. The lowest BCUT2D eigenvalue weighted by atomic mass is 9.98. The first-order valence-electron chi connectivity index (χ1n) is 6.22. The largest absolute Gasteiger partial charge is 0.389 e. The molecule has 0 atom stereocenters. The molecule has 1 aromatic rings. The average Bonchev–Trinajstić information content (AvgIpc) is 2.35. The fourth-order valence-corrected chi connectivity index (χ4v) is 3.35. The second-order valence-electron chi connectivity index (χ2n) is 4.69. The van der Waals surface area contributed by atoms with Crippen LogP contribution in [0.3, 0.4) is 0 Å². The van der Waals surface area contributed by atoms with Crippen molar-refractivity contribution in [2.24, 2.45) is 0 Å². The van der Waals surface area contributed by atoms with Crippen molar-refractivity contribution in [3.63, 3.8) is 0 Å². The van der Waals surface area contributed by atoms with Gasteiger partial charge in [-0.3, -0.25) is 0 Å². The Morgan fingerprint density at radius 1 is 1.32 bits per heavy atom. The molecule has 1 aromatic carbocycles. The summed E-state index contributed by atoms with van der Waals surface area (Å²) in [6, 6.07) is 4.76. The van der Waals surface area contributed by atoms with Crippen molar-refractivity contribution < 1.29 is 13.5 Å². The summed E-state index contributed by atoms with van der Waals surface area (Å²) < 4.78 is 26.7. The highest BCUT2D eigenvalue weighted by molar-refractivity contribution is 7.89. The number of hydrogen-bond acceptors (Lipinski definition) is 3. The van der Waals surface area contributed by atoms with E-state index in [9.17, 15) is 13.5 Å². The first-order chi connectivity index (χ1) is 8.74. The Bertz CT molecular complexity index is 539. The molecule has 0 radical (unpaired) electrons. The van der Waals surface area contributed by atoms with Gasteiger partial charge in [-0.1, -0.05) is 31.5 Å². The van der Waals surface area contributed by atoms with Crippen LogP contribution in [0, 0.1) is 6.92 Å². The topological polar surface area (TPSA) is 66.4 Å². The molecule has 4 nitrogen and oxygen atoms in total. The maximum absolute atomic E-state index is 12.1. The van der Waals surface area contributed by atoms with Crippen molar-refractivity contribution in [2.75, 3.05) is 6.54 Å². The third-order valence-electron chi connectivity index (χ3n) is 3.28. The normalized spacial score (nSPS) is 12.7. The van der Waals surface area contributed by atoms with Crippen molar-refractivity contribution >= 4 is 21.6 Å². The lowest BCUT2D eigenvalue weighted by Crippen LogP contribution is -2.42. The van der Waals surface area contributed by atoms with Gasteiger partial charge in [-0.25, -0.2) is 13.1 Å². The molecule has 0 unspecified atom stereocenters. The van der Waals surface area contributed by atoms with Gasteiger partial charge in [-0.2, -0.15) is 0 Å². The van der Waals surface area contributed by atoms with Crippen molar-refractivity contribution in [3.8, 4) is 0 Å². The minimum atomic E-state index is -3.70. The van der Waals surface area contributed by atoms with Crippen LogP contribution in [-0.4, -0.2) is 25.7 Å². The molecule has 2 N–H and O–H groups in total. The molecule has 0 aromatic heterocycles. The summed E-state index contributed by atoms with van der Waals surface area (Å²) in [5.41, 5.74) is -0.132. The Labute approximate surface area is 119 Å². The van der Waals surface area contributed by atoms with Crippen LogP contribution < -0.4 is 4.72 Å². The van der Waals surface area contributed by atoms with Crippen LogP contribution in [-0.2, 0) is 10.0 Å². The van der Waals surface area contributed by atoms with Crippen molar-refractivity contribution in [1.29, 1.82) is 0 Å². The van der Waals surface area contributed by atoms with E-state index in [1.807, 2.05) is 20.8 Å². The molecule has 0 saturated carbocycles. The highest BCUT2D eigenvalue weighted by Crippen LogP contribution is 2.23. The zero-order valence-electron chi connectivity index (χ0n) is 11.4. The minimum absolute atomic E-state index is 0.0213. The van der Waals surface area contributed by atoms with E-state index in [1.165, 1.54) is 6.07 Å². The van der Waals surface area contributed by atoms with E-state index in [0.717, 1.165) is 5.56 Å². The highest BCUT2D eigenvalue weighted by Gasteiger charge is 2.26. The van der Waals surface area contributed by atoms with E-state index in [0.29, 0.717) is 12.8 Å². The molecule has 19 heavy (non-hydrogen) atoms. The fourth-order valence-electron chi connectivity index (χ4n) is 1.63. The molecule has 108 valence electrons. The maximum Gasteiger partial charge on any atom is 0.242 e. The molecule has 1 rings (SSSR count). The second-order valence-corrected chi connectivity index (χ2v) is 6.83. The monoisotopic (exact) mass is 305 g/mol. The zero-order valence-corrected chi connectivity index (χ0v) is 13.0. The Morgan fingerprint density at radius 3 is 2.37 bits per heavy atom. The summed E-state index contributed by atoms with van der Waals surface area (Å²) >= 11 is 5.95. The number of halogens is 1. The third kappa shape index (κ3) is 4.18. The van der Waals surface area contributed by atoms with Crippen LogP contribution in [0.4, 0.5) is 0 Å². The highest BCUT2D eigenvalue weighted by atomic mass is 35.5. The van der Waals surface area contributed by atoms with Gasteiger partial charge in [0, 0.05) is 6.54 Å². The van der Waals surface area contributed by atoms with Crippen molar-refractivity contribution in [2.45, 2.75) is 44.1 Å². The van der Waals surface area contributed by atoms with E-state index in [-0.39, 0.29) is 16.5 Å². The van der Waals surface area contributed by atoms with Gasteiger partial charge in [-0.15, -0.1) is 0 Å². The molecule has 0 aliphatic carbocycles. The first-order valence-corrected chi connectivity index (χ1v) is 8.08. The van der Waals surface area contributed by atoms with E-state index in [1.54, 1.807) is 12.1 Å². The standard InChI is InChI=1S/C13H20ClNO3S/c1-4-13(16,5-2)9-15-19(17,18)12-7-6-10(3)8-11(12)14/h6-8,15-16H,4-5,9H2,1-3H3. The lowest BCUT2D eigenvalue weighted by molar-refractivity contribution is 0.0377. The van der Waals surface area contributed by atoms with Crippen LogP contribution >= 0.6 is 11.6 Å². The molecule has 0 aliphatic heterocycles. The number of rotatable bonds is 6. The molecule has 0 saturated heterocycles. The molecule has 0 aliphatic rings. The van der Waals surface area contributed by atoms with E-state index in [2.05, 4.69) is 4.72 Å². The van der Waals surface area contributed by atoms with Crippen molar-refractivity contribution in [3.05, 3.63) is 28.8 Å². The number of aliphatic hydroxyl groups is 1. The smallest absolute Gasteiger partial charge is 0.242 e. The SMILES string of the molecule is CCC(O)(CC)CNS(=O)(=O)c1ccc(C)cc1Cl. The van der Waals surface area contributed by atoms with Gasteiger partial charge in [0.25, 0.3) is 0 Å². The van der Waals surface area contributed by atoms with Gasteiger partial charge in [0.05, 0.1) is 10.6 Å². The fraction of sp³-hybridized carbons (Fsp3) is 0.538. The number of nitrogens with one attached hydrogen (secondary N) is 1.